The van der Waals surface area contributed by atoms with Crippen molar-refractivity contribution in [3.8, 4) is 23.8 Å². The largest absolute Gasteiger partial charge is 0.478 e. The van der Waals surface area contributed by atoms with Gasteiger partial charge in [0, 0.05) is 5.56 Å². The summed E-state index contributed by atoms with van der Waals surface area (Å²) in [6.45, 7) is 0. The lowest BCUT2D eigenvalue weighted by Gasteiger charge is -2.07. The van der Waals surface area contributed by atoms with E-state index in [-0.39, 0.29) is 16.7 Å². The van der Waals surface area contributed by atoms with E-state index in [1.54, 1.807) is 0 Å². The van der Waals surface area contributed by atoms with E-state index in [0.29, 0.717) is 11.5 Å². The van der Waals surface area contributed by atoms with Crippen LogP contribution in [-0.2, 0) is 0 Å². The third-order valence-corrected chi connectivity index (χ3v) is 2.71. The van der Waals surface area contributed by atoms with Gasteiger partial charge in [0.25, 0.3) is 0 Å². The van der Waals surface area contributed by atoms with E-state index < -0.39 is 11.9 Å². The average Bonchev–Trinajstić information content (AvgIpc) is 2.47. The predicted octanol–water partition coefficient (Wildman–Crippen LogP) is 2.86. The van der Waals surface area contributed by atoms with Gasteiger partial charge in [-0.2, -0.15) is 0 Å². The topological polar surface area (TPSA) is 83.8 Å². The molecule has 5 nitrogen and oxygen atoms in total. The maximum Gasteiger partial charge on any atom is 0.336 e. The fraction of sp³-hybridized carbons (Fsp3) is 0. The first-order valence-corrected chi connectivity index (χ1v) is 5.86. The number of aromatic carboxylic acids is 2. The van der Waals surface area contributed by atoms with Gasteiger partial charge in [0.1, 0.15) is 11.5 Å². The summed E-state index contributed by atoms with van der Waals surface area (Å²) in [6, 6.07) is 10.1. The molecule has 2 rings (SSSR count). The van der Waals surface area contributed by atoms with Crippen LogP contribution in [0.5, 0.6) is 11.5 Å². The van der Waals surface area contributed by atoms with Crippen LogP contribution >= 0.6 is 0 Å². The Morgan fingerprint density at radius 3 is 2.10 bits per heavy atom. The van der Waals surface area contributed by atoms with Crippen molar-refractivity contribution in [1.29, 1.82) is 0 Å². The van der Waals surface area contributed by atoms with E-state index in [0.717, 1.165) is 0 Å². The van der Waals surface area contributed by atoms with Crippen molar-refractivity contribution < 1.29 is 24.5 Å². The Kier molecular flexibility index (Phi) is 3.91. The standard InChI is InChI=1S/C16H10O5/c1-2-10-9-13(7-8-14(10)16(19)20)21-12-5-3-11(4-6-12)15(17)18/h1,3-9H,(H,17,18)(H,19,20). The molecule has 0 radical (unpaired) electrons. The van der Waals surface area contributed by atoms with Gasteiger partial charge < -0.3 is 14.9 Å². The van der Waals surface area contributed by atoms with Crippen molar-refractivity contribution >= 4 is 11.9 Å². The second kappa shape index (κ2) is 5.80. The molecule has 0 aromatic heterocycles. The number of terminal acetylenes is 1. The van der Waals surface area contributed by atoms with Crippen molar-refractivity contribution in [2.24, 2.45) is 0 Å². The zero-order valence-electron chi connectivity index (χ0n) is 10.7. The second-order valence-corrected chi connectivity index (χ2v) is 4.09. The molecule has 2 aromatic carbocycles. The lowest BCUT2D eigenvalue weighted by molar-refractivity contribution is 0.0686. The summed E-state index contributed by atoms with van der Waals surface area (Å²) in [5.41, 5.74) is 0.376. The highest BCUT2D eigenvalue weighted by Crippen LogP contribution is 2.24. The number of hydrogen-bond donors (Lipinski definition) is 2. The van der Waals surface area contributed by atoms with Gasteiger partial charge >= 0.3 is 11.9 Å². The summed E-state index contributed by atoms with van der Waals surface area (Å²) in [4.78, 5) is 21.7. The van der Waals surface area contributed by atoms with Crippen LogP contribution in [0.1, 0.15) is 26.3 Å². The zero-order valence-corrected chi connectivity index (χ0v) is 10.7. The van der Waals surface area contributed by atoms with Gasteiger partial charge in [-0.25, -0.2) is 9.59 Å². The minimum atomic E-state index is -1.11. The summed E-state index contributed by atoms with van der Waals surface area (Å²) in [5.74, 6) is 0.945. The fourth-order valence-corrected chi connectivity index (χ4v) is 1.69. The van der Waals surface area contributed by atoms with Crippen LogP contribution in [0.2, 0.25) is 0 Å². The molecule has 0 aliphatic rings. The van der Waals surface area contributed by atoms with E-state index in [1.165, 1.54) is 42.5 Å². The Morgan fingerprint density at radius 1 is 0.952 bits per heavy atom. The number of benzene rings is 2. The number of carboxylic acids is 2. The molecular weight excluding hydrogens is 272 g/mol. The first-order valence-electron chi connectivity index (χ1n) is 5.86. The zero-order chi connectivity index (χ0) is 15.4. The van der Waals surface area contributed by atoms with E-state index in [2.05, 4.69) is 5.92 Å². The summed E-state index contributed by atoms with van der Waals surface area (Å²) >= 11 is 0. The Labute approximate surface area is 120 Å². The van der Waals surface area contributed by atoms with Gasteiger partial charge in [-0.05, 0) is 42.5 Å². The van der Waals surface area contributed by atoms with E-state index in [1.807, 2.05) is 0 Å². The molecule has 0 amide bonds. The number of rotatable bonds is 4. The smallest absolute Gasteiger partial charge is 0.336 e. The quantitative estimate of drug-likeness (QED) is 0.842. The van der Waals surface area contributed by atoms with Crippen LogP contribution in [0.15, 0.2) is 42.5 Å². The van der Waals surface area contributed by atoms with Gasteiger partial charge in [-0.15, -0.1) is 6.42 Å². The summed E-state index contributed by atoms with van der Waals surface area (Å²) < 4.78 is 5.51. The molecule has 0 saturated carbocycles. The predicted molar refractivity (Wildman–Crippen MR) is 74.8 cm³/mol. The lowest BCUT2D eigenvalue weighted by atomic mass is 10.1. The fourth-order valence-electron chi connectivity index (χ4n) is 1.69. The van der Waals surface area contributed by atoms with Crippen molar-refractivity contribution in [3.05, 3.63) is 59.2 Å². The number of ether oxygens (including phenoxy) is 1. The SMILES string of the molecule is C#Cc1cc(Oc2ccc(C(=O)O)cc2)ccc1C(=O)O. The van der Waals surface area contributed by atoms with Crippen molar-refractivity contribution in [2.45, 2.75) is 0 Å². The summed E-state index contributed by atoms with van der Waals surface area (Å²) in [7, 11) is 0. The first kappa shape index (κ1) is 14.2. The van der Waals surface area contributed by atoms with Crippen molar-refractivity contribution in [2.75, 3.05) is 0 Å². The maximum atomic E-state index is 11.0. The van der Waals surface area contributed by atoms with Crippen LogP contribution < -0.4 is 4.74 Å². The molecule has 0 fully saturated rings. The molecule has 0 bridgehead atoms. The van der Waals surface area contributed by atoms with Crippen molar-refractivity contribution in [1.82, 2.24) is 0 Å². The van der Waals surface area contributed by atoms with Gasteiger partial charge in [0.15, 0.2) is 0 Å². The molecule has 104 valence electrons. The molecule has 0 saturated heterocycles. The van der Waals surface area contributed by atoms with Crippen LogP contribution in [-0.4, -0.2) is 22.2 Å². The summed E-state index contributed by atoms with van der Waals surface area (Å²) in [6.07, 6.45) is 5.27. The Bertz CT molecular complexity index is 738. The molecule has 5 heteroatoms. The first-order chi connectivity index (χ1) is 10.0. The molecular formula is C16H10O5. The highest BCUT2D eigenvalue weighted by Gasteiger charge is 2.10. The minimum absolute atomic E-state index is 0.0195. The highest BCUT2D eigenvalue weighted by molar-refractivity contribution is 5.91. The van der Waals surface area contributed by atoms with Crippen LogP contribution in [0.3, 0.4) is 0 Å². The molecule has 21 heavy (non-hydrogen) atoms. The van der Waals surface area contributed by atoms with E-state index in [4.69, 9.17) is 21.4 Å². The van der Waals surface area contributed by atoms with Crippen LogP contribution in [0, 0.1) is 12.3 Å². The molecule has 0 atom stereocenters. The number of carbonyl (C=O) groups is 2. The second-order valence-electron chi connectivity index (χ2n) is 4.09. The van der Waals surface area contributed by atoms with Gasteiger partial charge in [0.2, 0.25) is 0 Å². The third-order valence-electron chi connectivity index (χ3n) is 2.71. The molecule has 0 aliphatic heterocycles. The molecule has 0 spiro atoms. The average molecular weight is 282 g/mol. The Balaban J connectivity index is 2.26. The van der Waals surface area contributed by atoms with E-state index >= 15 is 0 Å². The van der Waals surface area contributed by atoms with Crippen LogP contribution in [0.25, 0.3) is 0 Å². The van der Waals surface area contributed by atoms with Crippen molar-refractivity contribution in [3.63, 3.8) is 0 Å². The normalized spacial score (nSPS) is 9.67. The maximum absolute atomic E-state index is 11.0. The van der Waals surface area contributed by atoms with E-state index in [9.17, 15) is 9.59 Å². The molecule has 0 aliphatic carbocycles. The van der Waals surface area contributed by atoms with Gasteiger partial charge in [-0.1, -0.05) is 5.92 Å². The Hall–Kier alpha value is -3.26. The molecule has 2 N–H and O–H groups in total. The Morgan fingerprint density at radius 2 is 1.57 bits per heavy atom. The molecule has 0 unspecified atom stereocenters. The number of hydrogen-bond acceptors (Lipinski definition) is 3. The number of carboxylic acid groups (broad SMARTS) is 2. The van der Waals surface area contributed by atoms with Gasteiger partial charge in [-0.3, -0.25) is 0 Å². The molecule has 0 heterocycles. The van der Waals surface area contributed by atoms with Crippen LogP contribution in [0.4, 0.5) is 0 Å². The van der Waals surface area contributed by atoms with Gasteiger partial charge in [0.05, 0.1) is 11.1 Å². The summed E-state index contributed by atoms with van der Waals surface area (Å²) in [5, 5.41) is 17.8. The monoisotopic (exact) mass is 282 g/mol. The molecule has 2 aromatic rings. The highest BCUT2D eigenvalue weighted by atomic mass is 16.5. The minimum Gasteiger partial charge on any atom is -0.478 e. The lowest BCUT2D eigenvalue weighted by Crippen LogP contribution is -2.00. The third kappa shape index (κ3) is 3.19.